The maximum atomic E-state index is 11.2. The second kappa shape index (κ2) is 4.79. The van der Waals surface area contributed by atoms with Crippen molar-refractivity contribution in [3.63, 3.8) is 0 Å². The van der Waals surface area contributed by atoms with Gasteiger partial charge in [0.1, 0.15) is 11.5 Å². The predicted molar refractivity (Wildman–Crippen MR) is 72.8 cm³/mol. The molecular weight excluding hydrogens is 240 g/mol. The average molecular weight is 260 g/mol. The highest BCUT2D eigenvalue weighted by Gasteiger charge is 2.41. The van der Waals surface area contributed by atoms with E-state index in [9.17, 15) is 4.79 Å². The summed E-state index contributed by atoms with van der Waals surface area (Å²) in [5.41, 5.74) is 5.53. The summed E-state index contributed by atoms with van der Waals surface area (Å²) in [5, 5.41) is 0. The normalized spacial score (nSPS) is 30.2. The van der Waals surface area contributed by atoms with Gasteiger partial charge in [-0.1, -0.05) is 19.8 Å². The Morgan fingerprint density at radius 1 is 1.37 bits per heavy atom. The molecule has 1 aliphatic carbocycles. The van der Waals surface area contributed by atoms with Crippen LogP contribution < -0.4 is 10.6 Å². The lowest BCUT2D eigenvalue weighted by Gasteiger charge is -2.32. The number of rotatable bonds is 2. The first kappa shape index (κ1) is 12.4. The smallest absolute Gasteiger partial charge is 0.268 e. The van der Waals surface area contributed by atoms with E-state index in [0.29, 0.717) is 12.0 Å². The van der Waals surface area contributed by atoms with E-state index in [0.717, 1.165) is 18.3 Å². The second-order valence-corrected chi connectivity index (χ2v) is 5.77. The minimum absolute atomic E-state index is 0.254. The summed E-state index contributed by atoms with van der Waals surface area (Å²) in [7, 11) is 0. The Kier molecular flexibility index (Phi) is 3.12. The Bertz CT molecular complexity index is 490. The van der Waals surface area contributed by atoms with Gasteiger partial charge in [-0.2, -0.15) is 0 Å². The molecule has 1 aliphatic heterocycles. The highest BCUT2D eigenvalue weighted by atomic mass is 16.1. The van der Waals surface area contributed by atoms with Crippen LogP contribution in [0.3, 0.4) is 0 Å². The van der Waals surface area contributed by atoms with Crippen LogP contribution in [-0.2, 0) is 0 Å². The molecule has 0 spiro atoms. The third-order valence-electron chi connectivity index (χ3n) is 4.57. The van der Waals surface area contributed by atoms with Crippen LogP contribution in [0.4, 0.5) is 5.82 Å². The van der Waals surface area contributed by atoms with Crippen molar-refractivity contribution >= 4 is 11.7 Å². The van der Waals surface area contributed by atoms with Crippen LogP contribution in [0.2, 0.25) is 0 Å². The first-order chi connectivity index (χ1) is 9.16. The lowest BCUT2D eigenvalue weighted by molar-refractivity contribution is 0.0995. The van der Waals surface area contributed by atoms with Gasteiger partial charge in [-0.3, -0.25) is 9.78 Å². The highest BCUT2D eigenvalue weighted by molar-refractivity contribution is 5.90. The Morgan fingerprint density at radius 3 is 2.95 bits per heavy atom. The molecule has 1 saturated heterocycles. The number of hydrogen-bond acceptors (Lipinski definition) is 4. The number of carbonyl (C=O) groups excluding carboxylic acids is 1. The number of fused-ring (bicyclic) bond motifs is 1. The van der Waals surface area contributed by atoms with Gasteiger partial charge < -0.3 is 10.6 Å². The third kappa shape index (κ3) is 2.17. The number of nitrogens with zero attached hydrogens (tertiary/aromatic N) is 3. The SMILES string of the molecule is CC1CN(c2cncc(C(N)=O)n2)C2CCCCC12. The molecule has 2 heterocycles. The van der Waals surface area contributed by atoms with Crippen molar-refractivity contribution in [2.24, 2.45) is 17.6 Å². The second-order valence-electron chi connectivity index (χ2n) is 5.77. The number of nitrogens with two attached hydrogens (primary N) is 1. The Hall–Kier alpha value is -1.65. The van der Waals surface area contributed by atoms with Crippen LogP contribution in [0.25, 0.3) is 0 Å². The average Bonchev–Trinajstić information content (AvgIpc) is 2.77. The molecule has 0 bridgehead atoms. The maximum Gasteiger partial charge on any atom is 0.268 e. The summed E-state index contributed by atoms with van der Waals surface area (Å²) in [6.45, 7) is 3.32. The van der Waals surface area contributed by atoms with E-state index in [1.165, 1.54) is 31.9 Å². The molecule has 0 radical (unpaired) electrons. The molecule has 102 valence electrons. The van der Waals surface area contributed by atoms with E-state index in [2.05, 4.69) is 21.8 Å². The molecule has 2 fully saturated rings. The van der Waals surface area contributed by atoms with Crippen LogP contribution in [0.1, 0.15) is 43.1 Å². The molecule has 5 nitrogen and oxygen atoms in total. The van der Waals surface area contributed by atoms with Crippen molar-refractivity contribution in [2.45, 2.75) is 38.6 Å². The first-order valence-electron chi connectivity index (χ1n) is 7.05. The Morgan fingerprint density at radius 2 is 2.16 bits per heavy atom. The van der Waals surface area contributed by atoms with Gasteiger partial charge in [-0.25, -0.2) is 4.98 Å². The molecule has 3 atom stereocenters. The van der Waals surface area contributed by atoms with Gasteiger partial charge in [0.05, 0.1) is 12.4 Å². The van der Waals surface area contributed by atoms with Crippen LogP contribution in [0.5, 0.6) is 0 Å². The van der Waals surface area contributed by atoms with Gasteiger partial charge in [-0.15, -0.1) is 0 Å². The molecule has 5 heteroatoms. The summed E-state index contributed by atoms with van der Waals surface area (Å²) in [6, 6.07) is 0.557. The quantitative estimate of drug-likeness (QED) is 0.876. The van der Waals surface area contributed by atoms with Crippen molar-refractivity contribution in [3.8, 4) is 0 Å². The minimum Gasteiger partial charge on any atom is -0.364 e. The molecule has 0 aromatic carbocycles. The van der Waals surface area contributed by atoms with E-state index in [1.54, 1.807) is 6.20 Å². The van der Waals surface area contributed by atoms with Gasteiger partial charge in [-0.05, 0) is 24.7 Å². The molecular formula is C14H20N4O. The monoisotopic (exact) mass is 260 g/mol. The Balaban J connectivity index is 1.89. The largest absolute Gasteiger partial charge is 0.364 e. The van der Waals surface area contributed by atoms with Crippen LogP contribution in [0.15, 0.2) is 12.4 Å². The zero-order chi connectivity index (χ0) is 13.4. The predicted octanol–water partition coefficient (Wildman–Crippen LogP) is 1.59. The molecule has 1 aromatic heterocycles. The lowest BCUT2D eigenvalue weighted by Crippen LogP contribution is -2.35. The number of carbonyl (C=O) groups is 1. The number of hydrogen-bond donors (Lipinski definition) is 1. The number of anilines is 1. The van der Waals surface area contributed by atoms with Crippen LogP contribution in [0, 0.1) is 11.8 Å². The van der Waals surface area contributed by atoms with E-state index >= 15 is 0 Å². The number of primary amides is 1. The van der Waals surface area contributed by atoms with Gasteiger partial charge in [0.25, 0.3) is 5.91 Å². The molecule has 3 rings (SSSR count). The minimum atomic E-state index is -0.512. The third-order valence-corrected chi connectivity index (χ3v) is 4.57. The molecule has 2 aliphatic rings. The summed E-state index contributed by atoms with van der Waals surface area (Å²) in [4.78, 5) is 22.0. The van der Waals surface area contributed by atoms with Gasteiger partial charge >= 0.3 is 0 Å². The highest BCUT2D eigenvalue weighted by Crippen LogP contribution is 2.41. The molecule has 3 unspecified atom stereocenters. The topological polar surface area (TPSA) is 72.1 Å². The summed E-state index contributed by atoms with van der Waals surface area (Å²) >= 11 is 0. The van der Waals surface area contributed by atoms with Crippen molar-refractivity contribution in [2.75, 3.05) is 11.4 Å². The Labute approximate surface area is 113 Å². The fraction of sp³-hybridized carbons (Fsp3) is 0.643. The molecule has 1 saturated carbocycles. The summed E-state index contributed by atoms with van der Waals surface area (Å²) in [5.74, 6) is 1.73. The van der Waals surface area contributed by atoms with Gasteiger partial charge in [0, 0.05) is 12.6 Å². The van der Waals surface area contributed by atoms with Crippen molar-refractivity contribution in [1.82, 2.24) is 9.97 Å². The van der Waals surface area contributed by atoms with Crippen LogP contribution in [-0.4, -0.2) is 28.5 Å². The zero-order valence-corrected chi connectivity index (χ0v) is 11.2. The molecule has 1 aromatic rings. The first-order valence-corrected chi connectivity index (χ1v) is 7.05. The fourth-order valence-electron chi connectivity index (χ4n) is 3.65. The van der Waals surface area contributed by atoms with Crippen molar-refractivity contribution in [1.29, 1.82) is 0 Å². The lowest BCUT2D eigenvalue weighted by atomic mass is 9.80. The van der Waals surface area contributed by atoms with E-state index < -0.39 is 5.91 Å². The van der Waals surface area contributed by atoms with Crippen molar-refractivity contribution in [3.05, 3.63) is 18.1 Å². The fourth-order valence-corrected chi connectivity index (χ4v) is 3.65. The van der Waals surface area contributed by atoms with E-state index in [1.807, 2.05) is 0 Å². The molecule has 19 heavy (non-hydrogen) atoms. The van der Waals surface area contributed by atoms with Crippen molar-refractivity contribution < 1.29 is 4.79 Å². The number of aromatic nitrogens is 2. The summed E-state index contributed by atoms with van der Waals surface area (Å²) < 4.78 is 0. The van der Waals surface area contributed by atoms with E-state index in [-0.39, 0.29) is 5.69 Å². The van der Waals surface area contributed by atoms with Gasteiger partial charge in [0.15, 0.2) is 0 Å². The van der Waals surface area contributed by atoms with Crippen LogP contribution >= 0.6 is 0 Å². The van der Waals surface area contributed by atoms with E-state index in [4.69, 9.17) is 5.73 Å². The maximum absolute atomic E-state index is 11.2. The standard InChI is InChI=1S/C14H20N4O/c1-9-8-18(12-5-3-2-4-10(9)12)13-7-16-6-11(17-13)14(15)19/h6-7,9-10,12H,2-5,8H2,1H3,(H2,15,19). The molecule has 1 amide bonds. The summed E-state index contributed by atoms with van der Waals surface area (Å²) in [6.07, 6.45) is 8.34. The molecule has 2 N–H and O–H groups in total. The zero-order valence-electron chi connectivity index (χ0n) is 11.2. The van der Waals surface area contributed by atoms with Gasteiger partial charge in [0.2, 0.25) is 0 Å². The number of amides is 1.